The summed E-state index contributed by atoms with van der Waals surface area (Å²) in [7, 11) is 1.65. The van der Waals surface area contributed by atoms with Crippen LogP contribution in [0.1, 0.15) is 22.3 Å². The zero-order valence-electron chi connectivity index (χ0n) is 13.3. The lowest BCUT2D eigenvalue weighted by molar-refractivity contribution is 0.174. The molecule has 0 radical (unpaired) electrons. The summed E-state index contributed by atoms with van der Waals surface area (Å²) in [6, 6.07) is 8.22. The molecule has 0 bridgehead atoms. The molecule has 0 atom stereocenters. The molecule has 0 fully saturated rings. The Hall–Kier alpha value is -2.33. The van der Waals surface area contributed by atoms with E-state index in [4.69, 9.17) is 25.8 Å². The van der Waals surface area contributed by atoms with E-state index in [1.165, 1.54) is 16.8 Å². The van der Waals surface area contributed by atoms with Gasteiger partial charge in [-0.2, -0.15) is 0 Å². The number of nitrogens with zero attached hydrogens (tertiary/aromatic N) is 1. The Labute approximate surface area is 145 Å². The van der Waals surface area contributed by atoms with Crippen LogP contribution in [0.15, 0.2) is 24.3 Å². The Morgan fingerprint density at radius 3 is 2.83 bits per heavy atom. The molecule has 4 nitrogen and oxygen atoms in total. The Bertz CT molecular complexity index is 891. The summed E-state index contributed by atoms with van der Waals surface area (Å²) in [6.45, 7) is 2.07. The van der Waals surface area contributed by atoms with Crippen molar-refractivity contribution in [1.82, 2.24) is 4.90 Å². The van der Waals surface area contributed by atoms with E-state index in [2.05, 4.69) is 29.2 Å². The van der Waals surface area contributed by atoms with Gasteiger partial charge in [0.2, 0.25) is 6.79 Å². The van der Waals surface area contributed by atoms with Crippen molar-refractivity contribution in [1.29, 1.82) is 0 Å². The van der Waals surface area contributed by atoms with E-state index in [1.807, 2.05) is 6.07 Å². The van der Waals surface area contributed by atoms with Gasteiger partial charge in [0.15, 0.2) is 11.5 Å². The molecule has 0 N–H and O–H groups in total. The van der Waals surface area contributed by atoms with Gasteiger partial charge in [0, 0.05) is 29.9 Å². The lowest BCUT2D eigenvalue weighted by Crippen LogP contribution is -2.31. The molecule has 0 unspecified atom stereocenters. The van der Waals surface area contributed by atoms with Gasteiger partial charge < -0.3 is 19.1 Å². The van der Waals surface area contributed by atoms with Crippen molar-refractivity contribution in [2.45, 2.75) is 13.0 Å². The van der Waals surface area contributed by atoms with Gasteiger partial charge in [-0.05, 0) is 41.8 Å². The minimum atomic E-state index is 0.305. The van der Waals surface area contributed by atoms with Gasteiger partial charge in [-0.3, -0.25) is 0 Å². The molecule has 0 aromatic heterocycles. The van der Waals surface area contributed by atoms with Gasteiger partial charge in [0.1, 0.15) is 5.75 Å². The van der Waals surface area contributed by atoms with Crippen molar-refractivity contribution in [3.8, 4) is 17.2 Å². The van der Waals surface area contributed by atoms with Crippen LogP contribution in [0.25, 0.3) is 11.8 Å². The first-order valence-corrected chi connectivity index (χ1v) is 8.37. The van der Waals surface area contributed by atoms with Crippen LogP contribution in [-0.4, -0.2) is 25.3 Å². The highest BCUT2D eigenvalue weighted by molar-refractivity contribution is 6.33. The number of rotatable bonds is 1. The van der Waals surface area contributed by atoms with Crippen molar-refractivity contribution in [3.05, 3.63) is 51.5 Å². The van der Waals surface area contributed by atoms with E-state index in [9.17, 15) is 0 Å². The molecule has 3 aliphatic heterocycles. The third kappa shape index (κ3) is 1.93. The normalized spacial score (nSPS) is 16.9. The van der Waals surface area contributed by atoms with Crippen molar-refractivity contribution < 1.29 is 14.2 Å². The minimum Gasteiger partial charge on any atom is -0.495 e. The first-order chi connectivity index (χ1) is 11.7. The van der Waals surface area contributed by atoms with E-state index in [0.29, 0.717) is 11.8 Å². The fourth-order valence-corrected chi connectivity index (χ4v) is 4.02. The predicted molar refractivity (Wildman–Crippen MR) is 92.6 cm³/mol. The largest absolute Gasteiger partial charge is 0.495 e. The maximum atomic E-state index is 6.52. The molecule has 122 valence electrons. The minimum absolute atomic E-state index is 0.305. The highest BCUT2D eigenvalue weighted by Gasteiger charge is 2.29. The van der Waals surface area contributed by atoms with Gasteiger partial charge in [-0.25, -0.2) is 0 Å². The number of fused-ring (bicyclic) bond motifs is 5. The molecule has 5 rings (SSSR count). The van der Waals surface area contributed by atoms with Crippen LogP contribution in [0.4, 0.5) is 0 Å². The second kappa shape index (κ2) is 5.08. The zero-order chi connectivity index (χ0) is 16.3. The summed E-state index contributed by atoms with van der Waals surface area (Å²) in [4.78, 5) is 2.37. The van der Waals surface area contributed by atoms with Gasteiger partial charge in [-0.1, -0.05) is 17.7 Å². The Morgan fingerprint density at radius 1 is 1.17 bits per heavy atom. The molecule has 24 heavy (non-hydrogen) atoms. The summed E-state index contributed by atoms with van der Waals surface area (Å²) < 4.78 is 16.4. The number of ether oxygens (including phenoxy) is 3. The lowest BCUT2D eigenvalue weighted by atomic mass is 9.90. The Morgan fingerprint density at radius 2 is 2.00 bits per heavy atom. The van der Waals surface area contributed by atoms with Crippen molar-refractivity contribution in [2.24, 2.45) is 0 Å². The van der Waals surface area contributed by atoms with Crippen molar-refractivity contribution >= 4 is 23.4 Å². The maximum absolute atomic E-state index is 6.52. The lowest BCUT2D eigenvalue weighted by Gasteiger charge is -2.37. The molecule has 2 aromatic carbocycles. The molecule has 0 saturated heterocycles. The molecular weight excluding hydrogens is 326 g/mol. The van der Waals surface area contributed by atoms with Crippen LogP contribution >= 0.6 is 11.6 Å². The molecule has 3 heterocycles. The number of hydrogen-bond donors (Lipinski definition) is 0. The highest BCUT2D eigenvalue weighted by Crippen LogP contribution is 2.44. The second-order valence-corrected chi connectivity index (χ2v) is 6.59. The van der Waals surface area contributed by atoms with Crippen LogP contribution in [0.3, 0.4) is 0 Å². The van der Waals surface area contributed by atoms with Gasteiger partial charge in [0.05, 0.1) is 12.1 Å². The van der Waals surface area contributed by atoms with Crippen LogP contribution in [0.2, 0.25) is 5.02 Å². The maximum Gasteiger partial charge on any atom is 0.231 e. The quantitative estimate of drug-likeness (QED) is 0.786. The third-order valence-electron chi connectivity index (χ3n) is 4.97. The number of methoxy groups -OCH3 is 1. The van der Waals surface area contributed by atoms with Crippen LogP contribution < -0.4 is 14.2 Å². The number of halogens is 1. The smallest absolute Gasteiger partial charge is 0.231 e. The third-order valence-corrected chi connectivity index (χ3v) is 5.39. The van der Waals surface area contributed by atoms with E-state index in [1.54, 1.807) is 7.11 Å². The molecule has 5 heteroatoms. The van der Waals surface area contributed by atoms with Crippen molar-refractivity contribution in [3.63, 3.8) is 0 Å². The molecule has 0 aliphatic carbocycles. The standard InChI is InChI=1S/C19H16ClNO3/c1-22-16-3-2-11-6-15-13-8-18-17(23-10-24-18)7-12(13)4-5-21(15)9-14(11)19(16)20/h2-3,6-8H,4-5,9-10H2,1H3. The van der Waals surface area contributed by atoms with E-state index >= 15 is 0 Å². The second-order valence-electron chi connectivity index (χ2n) is 6.21. The monoisotopic (exact) mass is 341 g/mol. The average molecular weight is 342 g/mol. The molecule has 2 aromatic rings. The first-order valence-electron chi connectivity index (χ1n) is 7.99. The summed E-state index contributed by atoms with van der Waals surface area (Å²) >= 11 is 6.52. The van der Waals surface area contributed by atoms with E-state index in [0.717, 1.165) is 47.9 Å². The highest BCUT2D eigenvalue weighted by atomic mass is 35.5. The molecule has 0 amide bonds. The SMILES string of the molecule is COc1ccc2c(c1Cl)CN1CCc3cc4c(cc3C1=C2)OCO4. The predicted octanol–water partition coefficient (Wildman–Crippen LogP) is 3.95. The fourth-order valence-electron chi connectivity index (χ4n) is 3.72. The van der Waals surface area contributed by atoms with Gasteiger partial charge >= 0.3 is 0 Å². The fraction of sp³-hybridized carbons (Fsp3) is 0.263. The number of benzene rings is 2. The first kappa shape index (κ1) is 14.1. The van der Waals surface area contributed by atoms with E-state index < -0.39 is 0 Å². The van der Waals surface area contributed by atoms with Crippen LogP contribution in [0, 0.1) is 0 Å². The van der Waals surface area contributed by atoms with E-state index in [-0.39, 0.29) is 0 Å². The average Bonchev–Trinajstić information content (AvgIpc) is 3.06. The molecule has 0 saturated carbocycles. The Kier molecular flexibility index (Phi) is 2.98. The summed E-state index contributed by atoms with van der Waals surface area (Å²) in [5.41, 5.74) is 6.04. The molecular formula is C19H16ClNO3. The van der Waals surface area contributed by atoms with Crippen LogP contribution in [-0.2, 0) is 13.0 Å². The number of hydrogen-bond acceptors (Lipinski definition) is 4. The summed E-state index contributed by atoms with van der Waals surface area (Å²) in [5.74, 6) is 2.41. The molecule has 3 aliphatic rings. The van der Waals surface area contributed by atoms with Gasteiger partial charge in [-0.15, -0.1) is 0 Å². The Balaban J connectivity index is 1.66. The topological polar surface area (TPSA) is 30.9 Å². The zero-order valence-corrected chi connectivity index (χ0v) is 14.0. The summed E-state index contributed by atoms with van der Waals surface area (Å²) in [6.07, 6.45) is 3.20. The van der Waals surface area contributed by atoms with Gasteiger partial charge in [0.25, 0.3) is 0 Å². The van der Waals surface area contributed by atoms with Crippen LogP contribution in [0.5, 0.6) is 17.2 Å². The molecule has 0 spiro atoms. The van der Waals surface area contributed by atoms with Crippen molar-refractivity contribution in [2.75, 3.05) is 20.4 Å². The summed E-state index contributed by atoms with van der Waals surface area (Å²) in [5, 5.41) is 0.710.